The van der Waals surface area contributed by atoms with Gasteiger partial charge in [0.2, 0.25) is 0 Å². The van der Waals surface area contributed by atoms with Crippen molar-refractivity contribution in [2.45, 2.75) is 32.9 Å². The van der Waals surface area contributed by atoms with Gasteiger partial charge in [-0.25, -0.2) is 4.79 Å². The summed E-state index contributed by atoms with van der Waals surface area (Å²) in [4.78, 5) is 27.4. The molecule has 0 aromatic heterocycles. The minimum absolute atomic E-state index is 0.192. The number of likely N-dealkylation sites (N-methyl/N-ethyl adjacent to an activating group) is 1. The predicted molar refractivity (Wildman–Crippen MR) is 106 cm³/mol. The van der Waals surface area contributed by atoms with E-state index >= 15 is 0 Å². The van der Waals surface area contributed by atoms with Gasteiger partial charge in [-0.2, -0.15) is 0 Å². The van der Waals surface area contributed by atoms with Crippen molar-refractivity contribution < 1.29 is 33.8 Å². The molecule has 2 aliphatic heterocycles. The number of aliphatic carboxylic acids is 1. The Kier molecular flexibility index (Phi) is 6.33. The molecule has 158 valence electrons. The first-order valence-electron chi connectivity index (χ1n) is 9.82. The summed E-state index contributed by atoms with van der Waals surface area (Å²) < 4.78 is 16.4. The Hall–Kier alpha value is -1.94. The van der Waals surface area contributed by atoms with E-state index in [9.17, 15) is 19.7 Å². The van der Waals surface area contributed by atoms with E-state index in [0.717, 1.165) is 5.56 Å². The van der Waals surface area contributed by atoms with E-state index < -0.39 is 36.4 Å². The van der Waals surface area contributed by atoms with Gasteiger partial charge < -0.3 is 29.2 Å². The van der Waals surface area contributed by atoms with E-state index in [-0.39, 0.29) is 19.8 Å². The molecule has 2 heterocycles. The minimum atomic E-state index is -1.51. The van der Waals surface area contributed by atoms with E-state index in [1.807, 2.05) is 0 Å². The number of ether oxygens (including phenoxy) is 2. The van der Waals surface area contributed by atoms with Gasteiger partial charge in [-0.05, 0) is 35.5 Å². The highest BCUT2D eigenvalue weighted by Crippen LogP contribution is 2.36. The van der Waals surface area contributed by atoms with Gasteiger partial charge in [-0.15, -0.1) is 0 Å². The third-order valence-electron chi connectivity index (χ3n) is 6.19. The van der Waals surface area contributed by atoms with Crippen LogP contribution in [0.1, 0.15) is 35.3 Å². The van der Waals surface area contributed by atoms with Gasteiger partial charge in [-0.3, -0.25) is 4.79 Å². The zero-order valence-electron chi connectivity index (χ0n) is 17.3. The smallest absolute Gasteiger partial charge is 0.479 e. The number of carbonyl (C=O) groups is 2. The molecule has 0 unspecified atom stereocenters. The van der Waals surface area contributed by atoms with Crippen molar-refractivity contribution in [1.82, 2.24) is 4.90 Å². The van der Waals surface area contributed by atoms with Crippen molar-refractivity contribution in [3.63, 3.8) is 0 Å². The number of carboxylic acids is 1. The second-order valence-corrected chi connectivity index (χ2v) is 7.97. The molecule has 0 saturated carbocycles. The van der Waals surface area contributed by atoms with Crippen LogP contribution in [-0.2, 0) is 25.5 Å². The van der Waals surface area contributed by atoms with Crippen LogP contribution in [0.25, 0.3) is 0 Å². The van der Waals surface area contributed by atoms with E-state index in [2.05, 4.69) is 0 Å². The lowest BCUT2D eigenvalue weighted by Gasteiger charge is -2.46. The molecule has 1 atom stereocenters. The molecule has 2 N–H and O–H groups in total. The first-order valence-corrected chi connectivity index (χ1v) is 9.82. The molecule has 2 aliphatic rings. The Morgan fingerprint density at radius 2 is 1.86 bits per heavy atom. The Balaban J connectivity index is 2.04. The standard InChI is InChI=1S/C20H28BNO7/c1-12(2)20(19(24)25,15-10-27-7-8-28-11-15)22(4)18(23)16-6-5-14-9-29-21(26)17(14)13(16)3/h5-6,12,15,26H,7-11H2,1-4H3,(H,24,25)/t20-/m1/s1. The second-order valence-electron chi connectivity index (χ2n) is 7.97. The number of rotatable bonds is 5. The topological polar surface area (TPSA) is 106 Å². The Morgan fingerprint density at radius 1 is 1.24 bits per heavy atom. The number of amides is 1. The number of hydrogen-bond acceptors (Lipinski definition) is 6. The zero-order valence-corrected chi connectivity index (χ0v) is 17.3. The molecule has 1 aromatic carbocycles. The normalized spacial score (nSPS) is 19.6. The van der Waals surface area contributed by atoms with Crippen molar-refractivity contribution in [3.8, 4) is 0 Å². The van der Waals surface area contributed by atoms with E-state index in [4.69, 9.17) is 14.1 Å². The van der Waals surface area contributed by atoms with Gasteiger partial charge in [0.25, 0.3) is 5.91 Å². The summed E-state index contributed by atoms with van der Waals surface area (Å²) in [5.41, 5.74) is 0.837. The molecule has 0 bridgehead atoms. The molecule has 1 fully saturated rings. The number of hydrogen-bond donors (Lipinski definition) is 2. The molecule has 0 spiro atoms. The van der Waals surface area contributed by atoms with Crippen LogP contribution in [0.3, 0.4) is 0 Å². The Morgan fingerprint density at radius 3 is 2.41 bits per heavy atom. The lowest BCUT2D eigenvalue weighted by atomic mass is 9.73. The number of carbonyl (C=O) groups excluding carboxylic acids is 1. The third-order valence-corrected chi connectivity index (χ3v) is 6.19. The number of carboxylic acid groups (broad SMARTS) is 1. The fourth-order valence-corrected chi connectivity index (χ4v) is 4.66. The van der Waals surface area contributed by atoms with Crippen molar-refractivity contribution in [1.29, 1.82) is 0 Å². The summed E-state index contributed by atoms with van der Waals surface area (Å²) in [6.45, 7) is 6.77. The van der Waals surface area contributed by atoms with Crippen molar-refractivity contribution in [3.05, 3.63) is 28.8 Å². The van der Waals surface area contributed by atoms with Crippen LogP contribution in [-0.4, -0.2) is 73.0 Å². The fourth-order valence-electron chi connectivity index (χ4n) is 4.66. The van der Waals surface area contributed by atoms with Gasteiger partial charge in [0.15, 0.2) is 0 Å². The van der Waals surface area contributed by atoms with Crippen molar-refractivity contribution in [2.24, 2.45) is 11.8 Å². The molecule has 1 aromatic rings. The molecule has 0 aliphatic carbocycles. The van der Waals surface area contributed by atoms with Gasteiger partial charge >= 0.3 is 13.1 Å². The average molecular weight is 405 g/mol. The Labute approximate surface area is 170 Å². The van der Waals surface area contributed by atoms with Gasteiger partial charge in [-0.1, -0.05) is 19.9 Å². The molecular weight excluding hydrogens is 377 g/mol. The SMILES string of the molecule is Cc1c(C(=O)N(C)[C@](C(=O)O)(C(C)C)C2COCCOC2)ccc2c1B(O)OC2. The summed E-state index contributed by atoms with van der Waals surface area (Å²) >= 11 is 0. The molecule has 9 heteroatoms. The summed E-state index contributed by atoms with van der Waals surface area (Å²) in [7, 11) is 0.432. The zero-order chi connectivity index (χ0) is 21.3. The van der Waals surface area contributed by atoms with Crippen LogP contribution in [0.5, 0.6) is 0 Å². The number of nitrogens with zero attached hydrogens (tertiary/aromatic N) is 1. The largest absolute Gasteiger partial charge is 0.492 e. The van der Waals surface area contributed by atoms with Gasteiger partial charge in [0.05, 0.1) is 33.0 Å². The summed E-state index contributed by atoms with van der Waals surface area (Å²) in [6, 6.07) is 3.41. The molecule has 1 amide bonds. The highest BCUT2D eigenvalue weighted by Gasteiger charge is 2.54. The quantitative estimate of drug-likeness (QED) is 0.685. The second kappa shape index (κ2) is 8.43. The highest BCUT2D eigenvalue weighted by molar-refractivity contribution is 6.62. The number of benzene rings is 1. The summed E-state index contributed by atoms with van der Waals surface area (Å²) in [5.74, 6) is -2.44. The van der Waals surface area contributed by atoms with Crippen LogP contribution >= 0.6 is 0 Å². The van der Waals surface area contributed by atoms with E-state index in [1.54, 1.807) is 32.9 Å². The van der Waals surface area contributed by atoms with Crippen molar-refractivity contribution >= 4 is 24.5 Å². The van der Waals surface area contributed by atoms with Crippen LogP contribution < -0.4 is 5.46 Å². The summed E-state index contributed by atoms with van der Waals surface area (Å²) in [5, 5.41) is 20.4. The van der Waals surface area contributed by atoms with Crippen LogP contribution in [0.2, 0.25) is 0 Å². The first-order chi connectivity index (χ1) is 13.7. The maximum absolute atomic E-state index is 13.5. The predicted octanol–water partition coefficient (Wildman–Crippen LogP) is 0.427. The van der Waals surface area contributed by atoms with Gasteiger partial charge in [0, 0.05) is 18.5 Å². The molecule has 3 rings (SSSR count). The van der Waals surface area contributed by atoms with E-state index in [1.165, 1.54) is 11.9 Å². The van der Waals surface area contributed by atoms with Crippen LogP contribution in [0.4, 0.5) is 0 Å². The maximum atomic E-state index is 13.5. The Bertz CT molecular complexity index is 791. The highest BCUT2D eigenvalue weighted by atomic mass is 16.5. The van der Waals surface area contributed by atoms with Crippen LogP contribution in [0, 0.1) is 18.8 Å². The van der Waals surface area contributed by atoms with E-state index in [0.29, 0.717) is 29.8 Å². The third kappa shape index (κ3) is 3.57. The lowest BCUT2D eigenvalue weighted by molar-refractivity contribution is -0.160. The minimum Gasteiger partial charge on any atom is -0.479 e. The molecule has 0 radical (unpaired) electrons. The average Bonchev–Trinajstić information content (AvgIpc) is 2.87. The molecule has 29 heavy (non-hydrogen) atoms. The molecule has 8 nitrogen and oxygen atoms in total. The van der Waals surface area contributed by atoms with Gasteiger partial charge in [0.1, 0.15) is 5.54 Å². The summed E-state index contributed by atoms with van der Waals surface area (Å²) in [6.07, 6.45) is 0. The van der Waals surface area contributed by atoms with Crippen molar-refractivity contribution in [2.75, 3.05) is 33.5 Å². The first kappa shape index (κ1) is 21.8. The maximum Gasteiger partial charge on any atom is 0.492 e. The monoisotopic (exact) mass is 405 g/mol. The van der Waals surface area contributed by atoms with Crippen LogP contribution in [0.15, 0.2) is 12.1 Å². The number of fused-ring (bicyclic) bond motifs is 1. The molecule has 1 saturated heterocycles. The lowest BCUT2D eigenvalue weighted by Crippen LogP contribution is -2.65. The fraction of sp³-hybridized carbons (Fsp3) is 0.600. The molecular formula is C20H28BNO7.